The summed E-state index contributed by atoms with van der Waals surface area (Å²) in [6.45, 7) is 9.70. The Morgan fingerprint density at radius 1 is 1.18 bits per heavy atom. The summed E-state index contributed by atoms with van der Waals surface area (Å²) in [7, 11) is 0. The molecule has 6 nitrogen and oxygen atoms in total. The van der Waals surface area contributed by atoms with Gasteiger partial charge in [0, 0.05) is 32.6 Å². The summed E-state index contributed by atoms with van der Waals surface area (Å²) in [6, 6.07) is 10.3. The summed E-state index contributed by atoms with van der Waals surface area (Å²) >= 11 is 0. The van der Waals surface area contributed by atoms with Crippen LogP contribution in [0.25, 0.3) is 0 Å². The Morgan fingerprint density at radius 3 is 2.64 bits per heavy atom. The van der Waals surface area contributed by atoms with E-state index in [2.05, 4.69) is 27.7 Å². The normalized spacial score (nSPS) is 17.3. The monoisotopic (exact) mass is 389 g/mol. The van der Waals surface area contributed by atoms with Crippen molar-refractivity contribution in [2.24, 2.45) is 5.92 Å². The van der Waals surface area contributed by atoms with Crippen LogP contribution in [0.5, 0.6) is 0 Å². The van der Waals surface area contributed by atoms with E-state index in [1.807, 2.05) is 39.0 Å². The molecule has 1 atom stereocenters. The molecule has 0 saturated carbocycles. The van der Waals surface area contributed by atoms with Crippen molar-refractivity contribution in [1.82, 2.24) is 15.5 Å². The van der Waals surface area contributed by atoms with E-state index >= 15 is 0 Å². The first kappa shape index (κ1) is 22.2. The average molecular weight is 390 g/mol. The number of aryl methyl sites for hydroxylation is 1. The lowest BCUT2D eigenvalue weighted by Crippen LogP contribution is -2.37. The van der Waals surface area contributed by atoms with Crippen LogP contribution in [0.15, 0.2) is 30.3 Å². The van der Waals surface area contributed by atoms with Gasteiger partial charge in [-0.15, -0.1) is 0 Å². The zero-order valence-corrected chi connectivity index (χ0v) is 17.5. The minimum absolute atomic E-state index is 0.123. The van der Waals surface area contributed by atoms with Crippen LogP contribution in [0.2, 0.25) is 0 Å². The van der Waals surface area contributed by atoms with Gasteiger partial charge >= 0.3 is 6.09 Å². The van der Waals surface area contributed by atoms with Gasteiger partial charge in [-0.2, -0.15) is 0 Å². The Morgan fingerprint density at radius 2 is 1.93 bits per heavy atom. The van der Waals surface area contributed by atoms with E-state index in [0.717, 1.165) is 38.9 Å². The van der Waals surface area contributed by atoms with Gasteiger partial charge in [0.2, 0.25) is 5.91 Å². The van der Waals surface area contributed by atoms with Crippen molar-refractivity contribution in [3.63, 3.8) is 0 Å². The molecular formula is C22H35N3O3. The Labute approximate surface area is 169 Å². The fourth-order valence-electron chi connectivity index (χ4n) is 3.36. The maximum absolute atomic E-state index is 12.0. The topological polar surface area (TPSA) is 70.7 Å². The van der Waals surface area contributed by atoms with Crippen molar-refractivity contribution < 1.29 is 14.3 Å². The number of ether oxygens (including phenoxy) is 1. The third-order valence-corrected chi connectivity index (χ3v) is 4.77. The number of amides is 2. The van der Waals surface area contributed by atoms with Gasteiger partial charge in [-0.1, -0.05) is 30.3 Å². The van der Waals surface area contributed by atoms with E-state index in [1.165, 1.54) is 5.56 Å². The maximum atomic E-state index is 12.0. The van der Waals surface area contributed by atoms with Crippen molar-refractivity contribution in [2.45, 2.75) is 52.1 Å². The van der Waals surface area contributed by atoms with Crippen LogP contribution in [-0.2, 0) is 16.0 Å². The molecule has 2 N–H and O–H groups in total. The molecule has 156 valence electrons. The van der Waals surface area contributed by atoms with Crippen LogP contribution >= 0.6 is 0 Å². The number of nitrogens with zero attached hydrogens (tertiary/aromatic N) is 1. The summed E-state index contributed by atoms with van der Waals surface area (Å²) in [6.07, 6.45) is 3.08. The van der Waals surface area contributed by atoms with Crippen molar-refractivity contribution in [3.05, 3.63) is 35.9 Å². The van der Waals surface area contributed by atoms with Gasteiger partial charge in [0.1, 0.15) is 5.60 Å². The van der Waals surface area contributed by atoms with Gasteiger partial charge in [0.25, 0.3) is 0 Å². The molecule has 0 spiro atoms. The van der Waals surface area contributed by atoms with E-state index < -0.39 is 5.60 Å². The van der Waals surface area contributed by atoms with Crippen LogP contribution in [-0.4, -0.2) is 55.2 Å². The largest absolute Gasteiger partial charge is 0.444 e. The summed E-state index contributed by atoms with van der Waals surface area (Å²) < 4.78 is 5.26. The number of alkyl carbamates (subject to hydrolysis) is 1. The third-order valence-electron chi connectivity index (χ3n) is 4.77. The summed E-state index contributed by atoms with van der Waals surface area (Å²) in [5, 5.41) is 5.87. The van der Waals surface area contributed by atoms with Gasteiger partial charge in [-0.05, 0) is 58.1 Å². The van der Waals surface area contributed by atoms with Crippen LogP contribution in [0.4, 0.5) is 4.79 Å². The minimum Gasteiger partial charge on any atom is -0.444 e. The van der Waals surface area contributed by atoms with Crippen molar-refractivity contribution in [3.8, 4) is 0 Å². The van der Waals surface area contributed by atoms with Gasteiger partial charge in [-0.25, -0.2) is 4.79 Å². The van der Waals surface area contributed by atoms with Gasteiger partial charge in [-0.3, -0.25) is 4.79 Å². The summed E-state index contributed by atoms with van der Waals surface area (Å²) in [4.78, 5) is 26.0. The molecule has 1 fully saturated rings. The summed E-state index contributed by atoms with van der Waals surface area (Å²) in [5.41, 5.74) is 0.809. The first-order chi connectivity index (χ1) is 13.3. The van der Waals surface area contributed by atoms with Crippen LogP contribution in [0.1, 0.15) is 45.6 Å². The molecule has 1 aromatic carbocycles. The number of hydrogen-bond donors (Lipinski definition) is 2. The lowest BCUT2D eigenvalue weighted by atomic mass is 10.1. The van der Waals surface area contributed by atoms with Crippen LogP contribution in [0.3, 0.4) is 0 Å². The van der Waals surface area contributed by atoms with Crippen molar-refractivity contribution in [1.29, 1.82) is 0 Å². The predicted molar refractivity (Wildman–Crippen MR) is 111 cm³/mol. The van der Waals surface area contributed by atoms with E-state index in [4.69, 9.17) is 4.74 Å². The Hall–Kier alpha value is -2.08. The highest BCUT2D eigenvalue weighted by Crippen LogP contribution is 2.15. The Bertz CT molecular complexity index is 613. The molecule has 28 heavy (non-hydrogen) atoms. The Balaban J connectivity index is 1.51. The maximum Gasteiger partial charge on any atom is 0.407 e. The van der Waals surface area contributed by atoms with Gasteiger partial charge in [0.15, 0.2) is 0 Å². The van der Waals surface area contributed by atoms with Crippen LogP contribution < -0.4 is 10.6 Å². The number of benzene rings is 1. The lowest BCUT2D eigenvalue weighted by Gasteiger charge is -2.21. The van der Waals surface area contributed by atoms with Crippen molar-refractivity contribution in [2.75, 3.05) is 32.7 Å². The highest BCUT2D eigenvalue weighted by Gasteiger charge is 2.23. The quantitative estimate of drug-likeness (QED) is 0.681. The highest BCUT2D eigenvalue weighted by atomic mass is 16.6. The smallest absolute Gasteiger partial charge is 0.407 e. The predicted octanol–water partition coefficient (Wildman–Crippen LogP) is 2.97. The third kappa shape index (κ3) is 9.22. The highest BCUT2D eigenvalue weighted by molar-refractivity contribution is 5.75. The van der Waals surface area contributed by atoms with E-state index in [9.17, 15) is 9.59 Å². The second kappa shape index (κ2) is 11.1. The zero-order chi connectivity index (χ0) is 20.4. The first-order valence-electron chi connectivity index (χ1n) is 10.3. The minimum atomic E-state index is -0.467. The SMILES string of the molecule is CC(C)(C)OC(=O)NC[C@@H]1CCN(CCNC(=O)CCCc2ccccc2)C1. The second-order valence-corrected chi connectivity index (χ2v) is 8.53. The molecule has 0 aromatic heterocycles. The number of carbonyl (C=O) groups is 2. The average Bonchev–Trinajstić information content (AvgIpc) is 3.07. The number of hydrogen-bond acceptors (Lipinski definition) is 4. The molecule has 0 aliphatic carbocycles. The molecule has 2 rings (SSSR count). The molecule has 1 aliphatic heterocycles. The molecule has 0 unspecified atom stereocenters. The van der Waals surface area contributed by atoms with Crippen LogP contribution in [0, 0.1) is 5.92 Å². The molecule has 2 amide bonds. The number of rotatable bonds is 9. The van der Waals surface area contributed by atoms with E-state index in [-0.39, 0.29) is 12.0 Å². The summed E-state index contributed by atoms with van der Waals surface area (Å²) in [5.74, 6) is 0.562. The lowest BCUT2D eigenvalue weighted by molar-refractivity contribution is -0.121. The van der Waals surface area contributed by atoms with Crippen molar-refractivity contribution >= 4 is 12.0 Å². The molecule has 1 heterocycles. The number of carbonyl (C=O) groups excluding carboxylic acids is 2. The number of nitrogens with one attached hydrogen (secondary N) is 2. The molecule has 0 radical (unpaired) electrons. The molecule has 6 heteroatoms. The van der Waals surface area contributed by atoms with E-state index in [0.29, 0.717) is 25.4 Å². The first-order valence-corrected chi connectivity index (χ1v) is 10.3. The fourth-order valence-corrected chi connectivity index (χ4v) is 3.36. The number of likely N-dealkylation sites (tertiary alicyclic amines) is 1. The standard InChI is InChI=1S/C22H35N3O3/c1-22(2,3)28-21(27)24-16-19-12-14-25(17-19)15-13-23-20(26)11-7-10-18-8-5-4-6-9-18/h4-6,8-9,19H,7,10-17H2,1-3H3,(H,23,26)(H,24,27)/t19-/m0/s1. The molecule has 1 aromatic rings. The second-order valence-electron chi connectivity index (χ2n) is 8.53. The molecule has 1 aliphatic rings. The fraction of sp³-hybridized carbons (Fsp3) is 0.636. The van der Waals surface area contributed by atoms with Gasteiger partial charge < -0.3 is 20.3 Å². The molecule has 0 bridgehead atoms. The zero-order valence-electron chi connectivity index (χ0n) is 17.5. The van der Waals surface area contributed by atoms with Gasteiger partial charge in [0.05, 0.1) is 0 Å². The Kier molecular flexibility index (Phi) is 8.77. The molecule has 1 saturated heterocycles. The molecular weight excluding hydrogens is 354 g/mol. The van der Waals surface area contributed by atoms with E-state index in [1.54, 1.807) is 0 Å².